The Morgan fingerprint density at radius 1 is 1.32 bits per heavy atom. The van der Waals surface area contributed by atoms with Gasteiger partial charge < -0.3 is 19.7 Å². The summed E-state index contributed by atoms with van der Waals surface area (Å²) in [5.41, 5.74) is 1.61. The molecule has 5 nitrogen and oxygen atoms in total. The molecule has 0 spiro atoms. The van der Waals surface area contributed by atoms with Crippen molar-refractivity contribution in [3.05, 3.63) is 29.3 Å². The number of ether oxygens (including phenoxy) is 2. The third-order valence-electron chi connectivity index (χ3n) is 3.83. The molecule has 0 saturated carbocycles. The van der Waals surface area contributed by atoms with E-state index in [1.54, 1.807) is 7.11 Å². The van der Waals surface area contributed by atoms with Gasteiger partial charge in [0.05, 0.1) is 12.7 Å². The summed E-state index contributed by atoms with van der Waals surface area (Å²) in [5, 5.41) is 3.30. The molecule has 6 heteroatoms. The summed E-state index contributed by atoms with van der Waals surface area (Å²) in [7, 11) is 1.63. The minimum absolute atomic E-state index is 0. The Hall–Kier alpha value is -1.72. The smallest absolute Gasteiger partial charge is 0.253 e. The van der Waals surface area contributed by atoms with Crippen LogP contribution in [0.5, 0.6) is 11.5 Å². The number of methoxy groups -OCH3 is 1. The van der Waals surface area contributed by atoms with E-state index in [-0.39, 0.29) is 18.3 Å². The standard InChI is InChI=1S/C16H20N2O3.ClH/c1-20-14-3-4-15-12(10-14)9-13(11-21-15)16(19)18-7-2-5-17-6-8-18;/h3-4,9-10,17H,2,5-8,11H2,1H3;1H. The van der Waals surface area contributed by atoms with Crippen molar-refractivity contribution in [2.24, 2.45) is 0 Å². The maximum atomic E-state index is 12.6. The maximum Gasteiger partial charge on any atom is 0.253 e. The lowest BCUT2D eigenvalue weighted by Gasteiger charge is -2.24. The van der Waals surface area contributed by atoms with Crippen LogP contribution in [0.1, 0.15) is 12.0 Å². The van der Waals surface area contributed by atoms with E-state index in [0.29, 0.717) is 12.2 Å². The van der Waals surface area contributed by atoms with Crippen LogP contribution in [-0.4, -0.2) is 50.7 Å². The first kappa shape index (κ1) is 16.6. The first-order valence-electron chi connectivity index (χ1n) is 7.29. The largest absolute Gasteiger partial charge is 0.497 e. The summed E-state index contributed by atoms with van der Waals surface area (Å²) < 4.78 is 10.9. The van der Waals surface area contributed by atoms with Crippen molar-refractivity contribution in [2.45, 2.75) is 6.42 Å². The second kappa shape index (κ2) is 7.51. The zero-order valence-electron chi connectivity index (χ0n) is 12.6. The molecule has 22 heavy (non-hydrogen) atoms. The molecule has 2 heterocycles. The van der Waals surface area contributed by atoms with Crippen molar-refractivity contribution in [1.29, 1.82) is 0 Å². The van der Waals surface area contributed by atoms with Gasteiger partial charge in [-0.05, 0) is 37.2 Å². The van der Waals surface area contributed by atoms with Crippen LogP contribution in [0.25, 0.3) is 6.08 Å². The van der Waals surface area contributed by atoms with Gasteiger partial charge in [0.2, 0.25) is 0 Å². The second-order valence-corrected chi connectivity index (χ2v) is 5.26. The molecule has 2 aliphatic rings. The molecule has 2 aliphatic heterocycles. The molecule has 1 aromatic carbocycles. The van der Waals surface area contributed by atoms with Crippen LogP contribution in [0.2, 0.25) is 0 Å². The van der Waals surface area contributed by atoms with Gasteiger partial charge in [0.25, 0.3) is 5.91 Å². The van der Waals surface area contributed by atoms with Crippen molar-refractivity contribution < 1.29 is 14.3 Å². The van der Waals surface area contributed by atoms with E-state index in [4.69, 9.17) is 9.47 Å². The fourth-order valence-electron chi connectivity index (χ4n) is 2.66. The fraction of sp³-hybridized carbons (Fsp3) is 0.438. The molecule has 0 aromatic heterocycles. The van der Waals surface area contributed by atoms with Crippen LogP contribution in [-0.2, 0) is 4.79 Å². The molecule has 0 bridgehead atoms. The van der Waals surface area contributed by atoms with Gasteiger partial charge in [0.1, 0.15) is 18.1 Å². The number of halogens is 1. The van der Waals surface area contributed by atoms with Gasteiger partial charge in [-0.25, -0.2) is 0 Å². The van der Waals surface area contributed by atoms with Crippen molar-refractivity contribution in [1.82, 2.24) is 10.2 Å². The molecule has 1 fully saturated rings. The highest BCUT2D eigenvalue weighted by atomic mass is 35.5. The topological polar surface area (TPSA) is 50.8 Å². The van der Waals surface area contributed by atoms with Crippen LogP contribution in [0.4, 0.5) is 0 Å². The first-order valence-corrected chi connectivity index (χ1v) is 7.29. The lowest BCUT2D eigenvalue weighted by atomic mass is 10.1. The number of carbonyl (C=O) groups is 1. The van der Waals surface area contributed by atoms with Crippen molar-refractivity contribution >= 4 is 24.4 Å². The van der Waals surface area contributed by atoms with Crippen LogP contribution >= 0.6 is 12.4 Å². The van der Waals surface area contributed by atoms with E-state index < -0.39 is 0 Å². The normalized spacial score (nSPS) is 17.3. The second-order valence-electron chi connectivity index (χ2n) is 5.26. The van der Waals surface area contributed by atoms with E-state index in [2.05, 4.69) is 5.32 Å². The number of nitrogens with zero attached hydrogens (tertiary/aromatic N) is 1. The van der Waals surface area contributed by atoms with Crippen molar-refractivity contribution in [3.8, 4) is 11.5 Å². The summed E-state index contributed by atoms with van der Waals surface area (Å²) in [6.07, 6.45) is 2.91. The van der Waals surface area contributed by atoms with Crippen LogP contribution in [0.15, 0.2) is 23.8 Å². The first-order chi connectivity index (χ1) is 10.3. The summed E-state index contributed by atoms with van der Waals surface area (Å²) in [5.74, 6) is 1.64. The minimum atomic E-state index is 0. The Labute approximate surface area is 136 Å². The number of hydrogen-bond acceptors (Lipinski definition) is 4. The predicted octanol–water partition coefficient (Wildman–Crippen LogP) is 1.71. The number of fused-ring (bicyclic) bond motifs is 1. The average Bonchev–Trinajstić information content (AvgIpc) is 2.82. The van der Waals surface area contributed by atoms with Crippen molar-refractivity contribution in [2.75, 3.05) is 39.9 Å². The molecular formula is C16H21ClN2O3. The van der Waals surface area contributed by atoms with E-state index in [1.807, 2.05) is 29.2 Å². The van der Waals surface area contributed by atoms with Crippen LogP contribution in [0, 0.1) is 0 Å². The van der Waals surface area contributed by atoms with Gasteiger partial charge in [0, 0.05) is 25.2 Å². The molecule has 1 N–H and O–H groups in total. The molecular weight excluding hydrogens is 304 g/mol. The molecule has 0 unspecified atom stereocenters. The van der Waals surface area contributed by atoms with E-state index in [1.165, 1.54) is 0 Å². The molecule has 1 saturated heterocycles. The van der Waals surface area contributed by atoms with E-state index in [9.17, 15) is 4.79 Å². The van der Waals surface area contributed by atoms with Gasteiger partial charge in [-0.2, -0.15) is 0 Å². The molecule has 3 rings (SSSR count). The number of benzene rings is 1. The number of carbonyl (C=O) groups excluding carboxylic acids is 1. The monoisotopic (exact) mass is 324 g/mol. The van der Waals surface area contributed by atoms with Gasteiger partial charge in [-0.15, -0.1) is 12.4 Å². The molecule has 0 atom stereocenters. The van der Waals surface area contributed by atoms with Crippen molar-refractivity contribution in [3.63, 3.8) is 0 Å². The number of nitrogens with one attached hydrogen (secondary N) is 1. The van der Waals surface area contributed by atoms with Crippen LogP contribution in [0.3, 0.4) is 0 Å². The fourth-order valence-corrected chi connectivity index (χ4v) is 2.66. The zero-order chi connectivity index (χ0) is 14.7. The van der Waals surface area contributed by atoms with Gasteiger partial charge >= 0.3 is 0 Å². The quantitative estimate of drug-likeness (QED) is 0.900. The van der Waals surface area contributed by atoms with Crippen LogP contribution < -0.4 is 14.8 Å². The van der Waals surface area contributed by atoms with E-state index in [0.717, 1.165) is 49.7 Å². The predicted molar refractivity (Wildman–Crippen MR) is 87.8 cm³/mol. The highest BCUT2D eigenvalue weighted by Crippen LogP contribution is 2.30. The summed E-state index contributed by atoms with van der Waals surface area (Å²) in [6, 6.07) is 5.63. The Morgan fingerprint density at radius 2 is 2.18 bits per heavy atom. The minimum Gasteiger partial charge on any atom is -0.497 e. The molecule has 0 radical (unpaired) electrons. The third kappa shape index (κ3) is 3.54. The number of rotatable bonds is 2. The Bertz CT molecular complexity index is 567. The van der Waals surface area contributed by atoms with Gasteiger partial charge in [-0.1, -0.05) is 0 Å². The molecule has 0 aliphatic carbocycles. The Kier molecular flexibility index (Phi) is 5.69. The maximum absolute atomic E-state index is 12.6. The zero-order valence-corrected chi connectivity index (χ0v) is 13.4. The molecule has 1 aromatic rings. The average molecular weight is 325 g/mol. The Morgan fingerprint density at radius 3 is 3.00 bits per heavy atom. The summed E-state index contributed by atoms with van der Waals surface area (Å²) in [6.45, 7) is 3.71. The van der Waals surface area contributed by atoms with Gasteiger partial charge in [-0.3, -0.25) is 4.79 Å². The molecule has 120 valence electrons. The van der Waals surface area contributed by atoms with E-state index >= 15 is 0 Å². The number of hydrogen-bond donors (Lipinski definition) is 1. The highest BCUT2D eigenvalue weighted by Gasteiger charge is 2.23. The SMILES string of the molecule is COc1ccc2c(c1)C=C(C(=O)N1CCCNCC1)CO2.Cl. The lowest BCUT2D eigenvalue weighted by Crippen LogP contribution is -2.36. The lowest BCUT2D eigenvalue weighted by molar-refractivity contribution is -0.127. The summed E-state index contributed by atoms with van der Waals surface area (Å²) >= 11 is 0. The van der Waals surface area contributed by atoms with Gasteiger partial charge in [0.15, 0.2) is 0 Å². The number of amides is 1. The summed E-state index contributed by atoms with van der Waals surface area (Å²) in [4.78, 5) is 14.5. The Balaban J connectivity index is 0.00000176. The third-order valence-corrected chi connectivity index (χ3v) is 3.83. The molecule has 1 amide bonds. The highest BCUT2D eigenvalue weighted by molar-refractivity contribution is 5.99.